The van der Waals surface area contributed by atoms with Gasteiger partial charge in [0.2, 0.25) is 0 Å². The summed E-state index contributed by atoms with van der Waals surface area (Å²) >= 11 is 0. The van der Waals surface area contributed by atoms with Crippen LogP contribution in [0.4, 0.5) is 0 Å². The Bertz CT molecular complexity index is 839. The van der Waals surface area contributed by atoms with Gasteiger partial charge in [-0.3, -0.25) is 0 Å². The normalized spacial score (nSPS) is 11.2. The number of ether oxygens (including phenoxy) is 2. The van der Waals surface area contributed by atoms with Crippen molar-refractivity contribution in [1.82, 2.24) is 0 Å². The Morgan fingerprint density at radius 1 is 0.704 bits per heavy atom. The molecule has 3 aromatic carbocycles. The van der Waals surface area contributed by atoms with Gasteiger partial charge in [0.1, 0.15) is 13.2 Å². The number of rotatable bonds is 8. The molecule has 3 rings (SSSR count). The van der Waals surface area contributed by atoms with Crippen molar-refractivity contribution >= 4 is 0 Å². The maximum atomic E-state index is 6.15. The summed E-state index contributed by atoms with van der Waals surface area (Å²) in [5.41, 5.74) is 3.46. The fourth-order valence-electron chi connectivity index (χ4n) is 2.78. The van der Waals surface area contributed by atoms with E-state index in [1.165, 1.54) is 5.56 Å². The van der Waals surface area contributed by atoms with Gasteiger partial charge in [-0.05, 0) is 40.7 Å². The molecule has 0 spiro atoms. The first-order chi connectivity index (χ1) is 13.1. The molecule has 0 saturated heterocycles. The molecule has 1 radical (unpaired) electrons. The zero-order valence-electron chi connectivity index (χ0n) is 16.2. The molecule has 0 fully saturated rings. The summed E-state index contributed by atoms with van der Waals surface area (Å²) < 4.78 is 12.2. The van der Waals surface area contributed by atoms with Crippen molar-refractivity contribution in [2.75, 3.05) is 0 Å². The quantitative estimate of drug-likeness (QED) is 0.467. The first-order valence-electron chi connectivity index (χ1n) is 9.36. The number of hydrogen-bond acceptors (Lipinski definition) is 2. The molecule has 0 aliphatic heterocycles. The van der Waals surface area contributed by atoms with E-state index >= 15 is 0 Å². The Morgan fingerprint density at radius 3 is 1.74 bits per heavy atom. The van der Waals surface area contributed by atoms with Crippen molar-refractivity contribution in [1.29, 1.82) is 0 Å². The SMILES string of the molecule is [CH2]CC(C)(C)c1ccc(OCc2ccccc2)c(OCc2ccccc2)c1. The van der Waals surface area contributed by atoms with Crippen LogP contribution in [0.1, 0.15) is 37.0 Å². The highest BCUT2D eigenvalue weighted by atomic mass is 16.5. The predicted octanol–water partition coefficient (Wildman–Crippen LogP) is 6.35. The number of benzene rings is 3. The molecule has 0 unspecified atom stereocenters. The molecule has 0 atom stereocenters. The molecule has 2 heteroatoms. The van der Waals surface area contributed by atoms with E-state index in [2.05, 4.69) is 57.2 Å². The third-order valence-corrected chi connectivity index (χ3v) is 4.82. The van der Waals surface area contributed by atoms with E-state index in [1.807, 2.05) is 42.5 Å². The van der Waals surface area contributed by atoms with Gasteiger partial charge in [0.25, 0.3) is 0 Å². The molecule has 0 aromatic heterocycles. The van der Waals surface area contributed by atoms with Crippen LogP contribution >= 0.6 is 0 Å². The summed E-state index contributed by atoms with van der Waals surface area (Å²) in [6.07, 6.45) is 0.815. The van der Waals surface area contributed by atoms with Crippen LogP contribution in [0.5, 0.6) is 11.5 Å². The molecule has 0 aliphatic rings. The van der Waals surface area contributed by atoms with Crippen LogP contribution in [0.3, 0.4) is 0 Å². The van der Waals surface area contributed by atoms with Crippen molar-refractivity contribution in [3.05, 3.63) is 102 Å². The van der Waals surface area contributed by atoms with Gasteiger partial charge in [0, 0.05) is 0 Å². The lowest BCUT2D eigenvalue weighted by Crippen LogP contribution is -2.15. The largest absolute Gasteiger partial charge is 0.485 e. The van der Waals surface area contributed by atoms with Gasteiger partial charge in [-0.2, -0.15) is 0 Å². The molecule has 2 nitrogen and oxygen atoms in total. The second-order valence-electron chi connectivity index (χ2n) is 7.34. The molecule has 0 bridgehead atoms. The van der Waals surface area contributed by atoms with E-state index in [9.17, 15) is 0 Å². The van der Waals surface area contributed by atoms with E-state index in [0.29, 0.717) is 13.2 Å². The van der Waals surface area contributed by atoms with E-state index in [4.69, 9.17) is 9.47 Å². The zero-order valence-corrected chi connectivity index (χ0v) is 16.2. The molecule has 0 heterocycles. The predicted molar refractivity (Wildman–Crippen MR) is 111 cm³/mol. The van der Waals surface area contributed by atoms with Gasteiger partial charge in [-0.1, -0.05) is 87.5 Å². The zero-order chi connectivity index (χ0) is 19.1. The molecule has 0 N–H and O–H groups in total. The van der Waals surface area contributed by atoms with Crippen molar-refractivity contribution < 1.29 is 9.47 Å². The van der Waals surface area contributed by atoms with Gasteiger partial charge >= 0.3 is 0 Å². The molecule has 0 aliphatic carbocycles. The molecule has 0 amide bonds. The first-order valence-corrected chi connectivity index (χ1v) is 9.36. The fourth-order valence-corrected chi connectivity index (χ4v) is 2.78. The highest BCUT2D eigenvalue weighted by Crippen LogP contribution is 2.35. The molecule has 0 saturated carbocycles. The summed E-state index contributed by atoms with van der Waals surface area (Å²) in [5.74, 6) is 1.53. The van der Waals surface area contributed by atoms with Crippen molar-refractivity contribution in [2.24, 2.45) is 0 Å². The fraction of sp³-hybridized carbons (Fsp3) is 0.240. The van der Waals surface area contributed by atoms with Gasteiger partial charge in [-0.15, -0.1) is 0 Å². The second kappa shape index (κ2) is 8.77. The van der Waals surface area contributed by atoms with Crippen LogP contribution in [0.2, 0.25) is 0 Å². The van der Waals surface area contributed by atoms with Gasteiger partial charge in [-0.25, -0.2) is 0 Å². The lowest BCUT2D eigenvalue weighted by molar-refractivity contribution is 0.255. The Labute approximate surface area is 162 Å². The maximum absolute atomic E-state index is 6.15. The van der Waals surface area contributed by atoms with Gasteiger partial charge < -0.3 is 9.47 Å². The maximum Gasteiger partial charge on any atom is 0.161 e. The highest BCUT2D eigenvalue weighted by molar-refractivity contribution is 5.45. The molecule has 139 valence electrons. The third-order valence-electron chi connectivity index (χ3n) is 4.82. The van der Waals surface area contributed by atoms with E-state index < -0.39 is 0 Å². The summed E-state index contributed by atoms with van der Waals surface area (Å²) in [5, 5.41) is 0. The van der Waals surface area contributed by atoms with Gasteiger partial charge in [0.15, 0.2) is 11.5 Å². The Balaban J connectivity index is 1.81. The Morgan fingerprint density at radius 2 is 1.22 bits per heavy atom. The second-order valence-corrected chi connectivity index (χ2v) is 7.34. The molecule has 3 aromatic rings. The van der Waals surface area contributed by atoms with Gasteiger partial charge in [0.05, 0.1) is 0 Å². The average Bonchev–Trinajstić information content (AvgIpc) is 2.72. The molecule has 27 heavy (non-hydrogen) atoms. The molecular weight excluding hydrogens is 332 g/mol. The van der Waals surface area contributed by atoms with Crippen LogP contribution in [-0.4, -0.2) is 0 Å². The smallest absolute Gasteiger partial charge is 0.161 e. The van der Waals surface area contributed by atoms with E-state index in [1.54, 1.807) is 0 Å². The Hall–Kier alpha value is -2.74. The summed E-state index contributed by atoms with van der Waals surface area (Å²) in [6.45, 7) is 9.50. The minimum Gasteiger partial charge on any atom is -0.485 e. The lowest BCUT2D eigenvalue weighted by Gasteiger charge is -2.25. The monoisotopic (exact) mass is 359 g/mol. The summed E-state index contributed by atoms with van der Waals surface area (Å²) in [7, 11) is 0. The summed E-state index contributed by atoms with van der Waals surface area (Å²) in [6, 6.07) is 26.6. The van der Waals surface area contributed by atoms with E-state index in [0.717, 1.165) is 29.0 Å². The minimum atomic E-state index is -0.0111. The highest BCUT2D eigenvalue weighted by Gasteiger charge is 2.20. The topological polar surface area (TPSA) is 18.5 Å². The summed E-state index contributed by atoms with van der Waals surface area (Å²) in [4.78, 5) is 0. The van der Waals surface area contributed by atoms with Crippen LogP contribution < -0.4 is 9.47 Å². The lowest BCUT2D eigenvalue weighted by atomic mass is 9.82. The van der Waals surface area contributed by atoms with Crippen LogP contribution in [0.25, 0.3) is 0 Å². The van der Waals surface area contributed by atoms with Crippen LogP contribution in [0.15, 0.2) is 78.9 Å². The van der Waals surface area contributed by atoms with E-state index in [-0.39, 0.29) is 5.41 Å². The minimum absolute atomic E-state index is 0.0111. The Kier molecular flexibility index (Phi) is 6.18. The van der Waals surface area contributed by atoms with Crippen molar-refractivity contribution in [2.45, 2.75) is 38.9 Å². The standard InChI is InChI=1S/C25H27O2/c1-4-25(2,3)22-15-16-23(26-18-20-11-7-5-8-12-20)24(17-22)27-19-21-13-9-6-10-14-21/h5-17H,1,4,18-19H2,2-3H3. The number of hydrogen-bond donors (Lipinski definition) is 0. The van der Waals surface area contributed by atoms with Crippen molar-refractivity contribution in [3.8, 4) is 11.5 Å². The molecular formula is C25H27O2. The van der Waals surface area contributed by atoms with Crippen LogP contribution in [0, 0.1) is 6.92 Å². The first kappa shape index (κ1) is 19.0. The van der Waals surface area contributed by atoms with Crippen molar-refractivity contribution in [3.63, 3.8) is 0 Å². The van der Waals surface area contributed by atoms with Crippen LogP contribution in [-0.2, 0) is 18.6 Å². The average molecular weight is 359 g/mol. The third kappa shape index (κ3) is 5.13.